The fraction of sp³-hybridized carbons (Fsp3) is 0.500. The Morgan fingerprint density at radius 1 is 1.25 bits per heavy atom. The van der Waals surface area contributed by atoms with Crippen LogP contribution in [0.2, 0.25) is 0 Å². The van der Waals surface area contributed by atoms with Crippen LogP contribution in [0.4, 0.5) is 26.3 Å². The quantitative estimate of drug-likeness (QED) is 0.362. The van der Waals surface area contributed by atoms with Gasteiger partial charge in [-0.05, 0) is 38.0 Å². The number of alkyl halides is 7. The number of carbonyl (C=O) groups excluding carboxylic acids is 1. The largest absolute Gasteiger partial charge is 0.426 e. The van der Waals surface area contributed by atoms with Crippen molar-refractivity contribution in [3.05, 3.63) is 48.3 Å². The first kappa shape index (κ1) is 26.0. The molecular formula is C20H22ClF6N3O2. The summed E-state index contributed by atoms with van der Waals surface area (Å²) in [5.74, 6) is -1.96. The fourth-order valence-electron chi connectivity index (χ4n) is 3.29. The molecule has 1 N–H and O–H groups in total. The van der Waals surface area contributed by atoms with E-state index in [1.54, 1.807) is 6.07 Å². The topological polar surface area (TPSA) is 58.4 Å². The summed E-state index contributed by atoms with van der Waals surface area (Å²) in [6.07, 6.45) is -4.91. The second kappa shape index (κ2) is 9.70. The summed E-state index contributed by atoms with van der Waals surface area (Å²) in [5.41, 5.74) is -3.67. The van der Waals surface area contributed by atoms with E-state index in [0.29, 0.717) is 12.6 Å². The number of nitrogens with zero attached hydrogens (tertiary/aromatic N) is 3. The Morgan fingerprint density at radius 3 is 2.34 bits per heavy atom. The molecule has 0 radical (unpaired) electrons. The number of amides is 1. The first-order valence-electron chi connectivity index (χ1n) is 9.53. The third-order valence-electron chi connectivity index (χ3n) is 5.19. The third-order valence-corrected chi connectivity index (χ3v) is 5.35. The van der Waals surface area contributed by atoms with Crippen molar-refractivity contribution in [1.29, 1.82) is 0 Å². The number of likely N-dealkylation sites (tertiary alicyclic amines) is 1. The van der Waals surface area contributed by atoms with Crippen LogP contribution < -0.4 is 0 Å². The lowest BCUT2D eigenvalue weighted by Gasteiger charge is -2.36. The third kappa shape index (κ3) is 5.74. The fourth-order valence-corrected chi connectivity index (χ4v) is 3.45. The molecular weight excluding hydrogens is 464 g/mol. The van der Waals surface area contributed by atoms with Gasteiger partial charge in [0, 0.05) is 36.8 Å². The molecule has 12 heteroatoms. The summed E-state index contributed by atoms with van der Waals surface area (Å²) in [4.78, 5) is 13.1. The molecule has 1 saturated heterocycles. The van der Waals surface area contributed by atoms with Crippen molar-refractivity contribution in [2.75, 3.05) is 19.0 Å². The van der Waals surface area contributed by atoms with Gasteiger partial charge in [0.15, 0.2) is 0 Å². The Balaban J connectivity index is 2.11. The maximum atomic E-state index is 13.0. The highest BCUT2D eigenvalue weighted by Gasteiger charge is 2.57. The van der Waals surface area contributed by atoms with Gasteiger partial charge in [0.1, 0.15) is 0 Å². The van der Waals surface area contributed by atoms with Gasteiger partial charge in [0.05, 0.1) is 11.3 Å². The zero-order valence-corrected chi connectivity index (χ0v) is 17.8. The number of hydrogen-bond donors (Lipinski definition) is 1. The van der Waals surface area contributed by atoms with Crippen molar-refractivity contribution in [2.45, 2.75) is 43.6 Å². The number of aliphatic hydroxyl groups is 1. The van der Waals surface area contributed by atoms with Crippen LogP contribution in [0.25, 0.3) is 5.70 Å². The van der Waals surface area contributed by atoms with E-state index in [9.17, 15) is 36.2 Å². The van der Waals surface area contributed by atoms with Crippen molar-refractivity contribution in [2.24, 2.45) is 0 Å². The first-order chi connectivity index (χ1) is 14.7. The summed E-state index contributed by atoms with van der Waals surface area (Å²) >= 11 is 5.37. The number of carbonyl (C=O) groups is 1. The maximum Gasteiger partial charge on any atom is 0.426 e. The Hall–Kier alpha value is -2.27. The molecule has 5 nitrogen and oxygen atoms in total. The lowest BCUT2D eigenvalue weighted by atomic mass is 9.92. The maximum absolute atomic E-state index is 13.0. The minimum Gasteiger partial charge on any atom is -0.373 e. The molecule has 1 aliphatic heterocycles. The molecule has 0 spiro atoms. The van der Waals surface area contributed by atoms with Gasteiger partial charge < -0.3 is 10.0 Å². The van der Waals surface area contributed by atoms with E-state index in [0.717, 1.165) is 23.1 Å². The van der Waals surface area contributed by atoms with E-state index in [1.807, 2.05) is 0 Å². The van der Waals surface area contributed by atoms with Crippen molar-refractivity contribution in [1.82, 2.24) is 14.7 Å². The van der Waals surface area contributed by atoms with E-state index in [2.05, 4.69) is 11.7 Å². The molecule has 1 aliphatic rings. The Morgan fingerprint density at radius 2 is 1.84 bits per heavy atom. The van der Waals surface area contributed by atoms with Gasteiger partial charge in [-0.2, -0.15) is 31.4 Å². The molecule has 1 aromatic rings. The Labute approximate surface area is 185 Å². The minimum atomic E-state index is -5.10. The van der Waals surface area contributed by atoms with Gasteiger partial charge in [-0.1, -0.05) is 12.7 Å². The van der Waals surface area contributed by atoms with E-state index in [4.69, 9.17) is 11.6 Å². The van der Waals surface area contributed by atoms with Crippen molar-refractivity contribution in [3.8, 4) is 0 Å². The number of rotatable bonds is 6. The highest BCUT2D eigenvalue weighted by molar-refractivity contribution is 6.19. The van der Waals surface area contributed by atoms with Crippen LogP contribution in [-0.2, 0) is 4.79 Å². The van der Waals surface area contributed by atoms with E-state index < -0.39 is 29.4 Å². The van der Waals surface area contributed by atoms with E-state index in [-0.39, 0.29) is 43.4 Å². The average molecular weight is 486 g/mol. The van der Waals surface area contributed by atoms with Crippen LogP contribution in [0.15, 0.2) is 42.6 Å². The molecule has 0 saturated carbocycles. The van der Waals surface area contributed by atoms with Crippen LogP contribution in [0, 0.1) is 0 Å². The summed E-state index contributed by atoms with van der Waals surface area (Å²) < 4.78 is 79.1. The average Bonchev–Trinajstić information content (AvgIpc) is 3.18. The number of hydrogen-bond acceptors (Lipinski definition) is 3. The molecule has 1 aromatic heterocycles. The summed E-state index contributed by atoms with van der Waals surface area (Å²) in [5, 5.41) is 13.7. The zero-order valence-electron chi connectivity index (χ0n) is 17.0. The molecule has 0 aromatic carbocycles. The molecule has 178 valence electrons. The van der Waals surface area contributed by atoms with Crippen molar-refractivity contribution < 1.29 is 36.2 Å². The van der Waals surface area contributed by atoms with E-state index >= 15 is 0 Å². The number of halogens is 7. The number of aromatic nitrogens is 2. The molecule has 32 heavy (non-hydrogen) atoms. The van der Waals surface area contributed by atoms with Crippen LogP contribution >= 0.6 is 11.6 Å². The molecule has 1 amide bonds. The first-order valence-corrected chi connectivity index (χ1v) is 10.1. The summed E-state index contributed by atoms with van der Waals surface area (Å²) in [7, 11) is 0. The smallest absolute Gasteiger partial charge is 0.373 e. The van der Waals surface area contributed by atoms with Crippen LogP contribution in [-0.4, -0.2) is 62.6 Å². The van der Waals surface area contributed by atoms with E-state index in [1.165, 1.54) is 10.9 Å². The van der Waals surface area contributed by atoms with Crippen LogP contribution in [0.1, 0.15) is 31.4 Å². The zero-order chi connectivity index (χ0) is 24.3. The molecule has 1 unspecified atom stereocenters. The van der Waals surface area contributed by atoms with Crippen LogP contribution in [0.5, 0.6) is 0 Å². The van der Waals surface area contributed by atoms with Crippen molar-refractivity contribution in [3.63, 3.8) is 0 Å². The molecule has 2 rings (SSSR count). The molecule has 2 heterocycles. The summed E-state index contributed by atoms with van der Waals surface area (Å²) in [6.45, 7) is 4.09. The van der Waals surface area contributed by atoms with Gasteiger partial charge in [-0.25, -0.2) is 4.68 Å². The lowest BCUT2D eigenvalue weighted by Crippen LogP contribution is -2.57. The highest BCUT2D eigenvalue weighted by Crippen LogP contribution is 2.35. The predicted octanol–water partition coefficient (Wildman–Crippen LogP) is 4.66. The second-order valence-electron chi connectivity index (χ2n) is 7.44. The van der Waals surface area contributed by atoms with Gasteiger partial charge >= 0.3 is 12.4 Å². The highest BCUT2D eigenvalue weighted by atomic mass is 35.5. The second-order valence-corrected chi connectivity index (χ2v) is 7.75. The van der Waals surface area contributed by atoms with Gasteiger partial charge in [-0.3, -0.25) is 4.79 Å². The molecule has 1 fully saturated rings. The van der Waals surface area contributed by atoms with Gasteiger partial charge in [0.2, 0.25) is 5.60 Å². The number of piperidine rings is 1. The number of allylic oxidation sites excluding steroid dienone is 5. The monoisotopic (exact) mass is 485 g/mol. The Kier molecular flexibility index (Phi) is 7.87. The Bertz CT molecular complexity index is 894. The normalized spacial score (nSPS) is 18.8. The van der Waals surface area contributed by atoms with Gasteiger partial charge in [-0.15, -0.1) is 11.6 Å². The van der Waals surface area contributed by atoms with Crippen molar-refractivity contribution >= 4 is 23.2 Å². The minimum absolute atomic E-state index is 0.0279. The molecule has 0 aliphatic carbocycles. The van der Waals surface area contributed by atoms with Gasteiger partial charge in [0.25, 0.3) is 5.91 Å². The molecule has 1 atom stereocenters. The van der Waals surface area contributed by atoms with Crippen LogP contribution in [0.3, 0.4) is 0 Å². The lowest BCUT2D eigenvalue weighted by molar-refractivity contribution is -0.250. The SMILES string of the molecule is C=C(C=CC(=CCCl)C(F)(F)F)n1nccc1C1CCN(C(=O)C(C)(O)C(F)(F)F)CC1. The summed E-state index contributed by atoms with van der Waals surface area (Å²) in [6, 6.07) is 1.63. The molecule has 0 bridgehead atoms. The standard InChI is InChI=1S/C20H22ClF6N3O2/c1-13(3-4-15(5-9-21)19(22,23)24)30-16(6-10-28-30)14-7-11-29(12-8-14)17(31)18(2,32)20(25,26)27/h3-6,10,14,32H,1,7-9,11-12H2,2H3. The predicted molar refractivity (Wildman–Crippen MR) is 107 cm³/mol.